The Kier molecular flexibility index (Phi) is 5.65. The average molecular weight is 301 g/mol. The van der Waals surface area contributed by atoms with E-state index in [9.17, 15) is 0 Å². The lowest BCUT2D eigenvalue weighted by atomic mass is 10.2. The zero-order valence-corrected chi connectivity index (χ0v) is 12.9. The smallest absolute Gasteiger partial charge is 0.142 e. The summed E-state index contributed by atoms with van der Waals surface area (Å²) in [6, 6.07) is 13.1. The summed E-state index contributed by atoms with van der Waals surface area (Å²) in [5, 5.41) is 3.97. The predicted octanol–water partition coefficient (Wildman–Crippen LogP) is 3.26. The molecule has 0 amide bonds. The molecule has 0 saturated heterocycles. The maximum absolute atomic E-state index is 5.30. The van der Waals surface area contributed by atoms with Crippen LogP contribution in [-0.4, -0.2) is 27.5 Å². The van der Waals surface area contributed by atoms with Crippen LogP contribution in [0, 0.1) is 0 Å². The van der Waals surface area contributed by atoms with Gasteiger partial charge in [0.15, 0.2) is 0 Å². The number of oxime groups is 1. The van der Waals surface area contributed by atoms with Crippen molar-refractivity contribution < 1.29 is 19.0 Å². The van der Waals surface area contributed by atoms with Crippen LogP contribution in [-0.2, 0) is 11.4 Å². The van der Waals surface area contributed by atoms with Crippen LogP contribution in [0.25, 0.3) is 0 Å². The van der Waals surface area contributed by atoms with Crippen molar-refractivity contribution in [3.63, 3.8) is 0 Å². The number of hydrogen-bond acceptors (Lipinski definition) is 5. The molecule has 2 aromatic rings. The molecule has 0 aromatic heterocycles. The summed E-state index contributed by atoms with van der Waals surface area (Å²) < 4.78 is 15.5. The minimum absolute atomic E-state index is 0.388. The topological polar surface area (TPSA) is 49.3 Å². The molecule has 0 unspecified atom stereocenters. The molecule has 22 heavy (non-hydrogen) atoms. The summed E-state index contributed by atoms with van der Waals surface area (Å²) in [5.41, 5.74) is 1.83. The van der Waals surface area contributed by atoms with Crippen LogP contribution in [0.1, 0.15) is 11.1 Å². The molecule has 0 atom stereocenters. The highest BCUT2D eigenvalue weighted by atomic mass is 16.6. The molecule has 0 spiro atoms. The number of hydrogen-bond donors (Lipinski definition) is 0. The first-order valence-electron chi connectivity index (χ1n) is 6.77. The second-order valence-corrected chi connectivity index (χ2v) is 4.46. The molecular weight excluding hydrogens is 282 g/mol. The zero-order chi connectivity index (χ0) is 15.8. The third kappa shape index (κ3) is 4.15. The van der Waals surface area contributed by atoms with Crippen LogP contribution in [0.5, 0.6) is 17.2 Å². The fourth-order valence-electron chi connectivity index (χ4n) is 1.85. The third-order valence-electron chi connectivity index (χ3n) is 3.10. The SMILES string of the molecule is COc1ccc(CO/N=C/c2ccc(OC)cc2OC)cc1. The number of ether oxygens (including phenoxy) is 3. The Labute approximate surface area is 130 Å². The van der Waals surface area contributed by atoms with E-state index >= 15 is 0 Å². The van der Waals surface area contributed by atoms with Crippen LogP contribution >= 0.6 is 0 Å². The lowest BCUT2D eigenvalue weighted by Gasteiger charge is -2.07. The molecule has 0 N–H and O–H groups in total. The summed E-state index contributed by atoms with van der Waals surface area (Å²) >= 11 is 0. The average Bonchev–Trinajstić information content (AvgIpc) is 2.59. The highest BCUT2D eigenvalue weighted by Crippen LogP contribution is 2.23. The third-order valence-corrected chi connectivity index (χ3v) is 3.10. The Hall–Kier alpha value is -2.69. The number of benzene rings is 2. The van der Waals surface area contributed by atoms with Gasteiger partial charge >= 0.3 is 0 Å². The van der Waals surface area contributed by atoms with Gasteiger partial charge in [0.1, 0.15) is 23.9 Å². The van der Waals surface area contributed by atoms with E-state index < -0.39 is 0 Å². The molecule has 0 saturated carbocycles. The molecule has 0 heterocycles. The van der Waals surface area contributed by atoms with E-state index in [4.69, 9.17) is 19.0 Å². The van der Waals surface area contributed by atoms with Crippen molar-refractivity contribution in [2.24, 2.45) is 5.16 Å². The van der Waals surface area contributed by atoms with Gasteiger partial charge in [-0.25, -0.2) is 0 Å². The molecule has 0 fully saturated rings. The maximum Gasteiger partial charge on any atom is 0.142 e. The van der Waals surface area contributed by atoms with Gasteiger partial charge in [-0.1, -0.05) is 17.3 Å². The lowest BCUT2D eigenvalue weighted by molar-refractivity contribution is 0.132. The van der Waals surface area contributed by atoms with E-state index in [0.717, 1.165) is 22.6 Å². The molecule has 0 radical (unpaired) electrons. The van der Waals surface area contributed by atoms with Crippen molar-refractivity contribution in [2.45, 2.75) is 6.61 Å². The van der Waals surface area contributed by atoms with Gasteiger partial charge in [0.2, 0.25) is 0 Å². The van der Waals surface area contributed by atoms with Gasteiger partial charge in [-0.2, -0.15) is 0 Å². The summed E-state index contributed by atoms with van der Waals surface area (Å²) in [6.45, 7) is 0.388. The monoisotopic (exact) mass is 301 g/mol. The molecule has 2 rings (SSSR count). The Bertz CT molecular complexity index is 623. The van der Waals surface area contributed by atoms with Gasteiger partial charge in [0.25, 0.3) is 0 Å². The van der Waals surface area contributed by atoms with Crippen molar-refractivity contribution in [3.05, 3.63) is 53.6 Å². The first kappa shape index (κ1) is 15.7. The zero-order valence-electron chi connectivity index (χ0n) is 12.9. The van der Waals surface area contributed by atoms with Gasteiger partial charge in [-0.05, 0) is 29.8 Å². The summed E-state index contributed by atoms with van der Waals surface area (Å²) in [5.74, 6) is 2.22. The normalized spacial score (nSPS) is 10.5. The molecule has 2 aromatic carbocycles. The van der Waals surface area contributed by atoms with E-state index in [2.05, 4.69) is 5.16 Å². The molecule has 5 heteroatoms. The van der Waals surface area contributed by atoms with Crippen LogP contribution in [0.15, 0.2) is 47.6 Å². The largest absolute Gasteiger partial charge is 0.497 e. The van der Waals surface area contributed by atoms with Gasteiger partial charge < -0.3 is 19.0 Å². The molecule has 0 aliphatic carbocycles. The molecule has 116 valence electrons. The van der Waals surface area contributed by atoms with Gasteiger partial charge in [-0.15, -0.1) is 0 Å². The first-order chi connectivity index (χ1) is 10.8. The van der Waals surface area contributed by atoms with Crippen molar-refractivity contribution in [3.8, 4) is 17.2 Å². The second kappa shape index (κ2) is 7.93. The summed E-state index contributed by atoms with van der Waals surface area (Å²) in [4.78, 5) is 5.30. The Morgan fingerprint density at radius 2 is 1.55 bits per heavy atom. The van der Waals surface area contributed by atoms with Crippen molar-refractivity contribution in [1.29, 1.82) is 0 Å². The van der Waals surface area contributed by atoms with E-state index in [1.807, 2.05) is 36.4 Å². The van der Waals surface area contributed by atoms with Crippen LogP contribution in [0.4, 0.5) is 0 Å². The van der Waals surface area contributed by atoms with Gasteiger partial charge in [0, 0.05) is 11.6 Å². The van der Waals surface area contributed by atoms with Gasteiger partial charge in [-0.3, -0.25) is 0 Å². The summed E-state index contributed by atoms with van der Waals surface area (Å²) in [7, 11) is 4.85. The van der Waals surface area contributed by atoms with Crippen LogP contribution in [0.3, 0.4) is 0 Å². The molecule has 0 aliphatic heterocycles. The maximum atomic E-state index is 5.30. The number of nitrogens with zero attached hydrogens (tertiary/aromatic N) is 1. The van der Waals surface area contributed by atoms with E-state index in [-0.39, 0.29) is 0 Å². The minimum atomic E-state index is 0.388. The fourth-order valence-corrected chi connectivity index (χ4v) is 1.85. The fraction of sp³-hybridized carbons (Fsp3) is 0.235. The lowest BCUT2D eigenvalue weighted by Crippen LogP contribution is -1.93. The quantitative estimate of drug-likeness (QED) is 0.582. The van der Waals surface area contributed by atoms with E-state index in [1.165, 1.54) is 0 Å². The minimum Gasteiger partial charge on any atom is -0.497 e. The highest BCUT2D eigenvalue weighted by molar-refractivity contribution is 5.83. The Morgan fingerprint density at radius 3 is 2.18 bits per heavy atom. The van der Waals surface area contributed by atoms with Gasteiger partial charge in [0.05, 0.1) is 27.5 Å². The van der Waals surface area contributed by atoms with Crippen molar-refractivity contribution in [2.75, 3.05) is 21.3 Å². The molecular formula is C17H19NO4. The molecule has 0 aliphatic rings. The first-order valence-corrected chi connectivity index (χ1v) is 6.77. The van der Waals surface area contributed by atoms with Crippen molar-refractivity contribution >= 4 is 6.21 Å². The predicted molar refractivity (Wildman–Crippen MR) is 84.9 cm³/mol. The highest BCUT2D eigenvalue weighted by Gasteiger charge is 2.02. The molecule has 0 bridgehead atoms. The van der Waals surface area contributed by atoms with Crippen molar-refractivity contribution in [1.82, 2.24) is 0 Å². The number of methoxy groups -OCH3 is 3. The van der Waals surface area contributed by atoms with E-state index in [0.29, 0.717) is 12.4 Å². The molecule has 5 nitrogen and oxygen atoms in total. The van der Waals surface area contributed by atoms with E-state index in [1.54, 1.807) is 33.6 Å². The number of rotatable bonds is 7. The Balaban J connectivity index is 1.94. The Morgan fingerprint density at radius 1 is 0.864 bits per heavy atom. The second-order valence-electron chi connectivity index (χ2n) is 4.46. The standard InChI is InChI=1S/C17H19NO4/c1-19-15-7-4-13(5-8-15)12-22-18-11-14-6-9-16(20-2)10-17(14)21-3/h4-11H,12H2,1-3H3/b18-11+. The van der Waals surface area contributed by atoms with Crippen LogP contribution < -0.4 is 14.2 Å². The summed E-state index contributed by atoms with van der Waals surface area (Å²) in [6.07, 6.45) is 1.61. The van der Waals surface area contributed by atoms with Crippen LogP contribution in [0.2, 0.25) is 0 Å².